The van der Waals surface area contributed by atoms with E-state index in [1.165, 1.54) is 0 Å². The zero-order valence-electron chi connectivity index (χ0n) is 17.5. The number of nitrogens with one attached hydrogen (secondary N) is 3. The lowest BCUT2D eigenvalue weighted by Gasteiger charge is -2.23. The molecule has 3 N–H and O–H groups in total. The number of carbonyl (C=O) groups is 1. The van der Waals surface area contributed by atoms with Crippen molar-refractivity contribution in [2.75, 3.05) is 13.1 Å². The summed E-state index contributed by atoms with van der Waals surface area (Å²) in [6.07, 6.45) is 1.58. The minimum atomic E-state index is -0.283. The summed E-state index contributed by atoms with van der Waals surface area (Å²) in [5.74, 6) is 1.95. The van der Waals surface area contributed by atoms with Crippen LogP contribution in [-0.4, -0.2) is 30.6 Å². The smallest absolute Gasteiger partial charge is 0.239 e. The number of aliphatic imine (C=N–C) groups is 1. The topological polar surface area (TPSA) is 87.9 Å². The second-order valence-electron chi connectivity index (χ2n) is 7.23. The average molecular weight is 514 g/mol. The lowest BCUT2D eigenvalue weighted by atomic mass is 10.1. The van der Waals surface area contributed by atoms with Crippen LogP contribution in [0.1, 0.15) is 39.0 Å². The van der Waals surface area contributed by atoms with Crippen molar-refractivity contribution >= 4 is 35.8 Å². The van der Waals surface area contributed by atoms with Gasteiger partial charge in [0.05, 0.1) is 25.9 Å². The minimum Gasteiger partial charge on any atom is -0.488 e. The van der Waals surface area contributed by atoms with Crippen LogP contribution < -0.4 is 20.7 Å². The molecule has 0 saturated carbocycles. The first-order chi connectivity index (χ1) is 13.4. The number of amides is 1. The predicted molar refractivity (Wildman–Crippen MR) is 126 cm³/mol. The molecule has 0 aliphatic rings. The first-order valence-electron chi connectivity index (χ1n) is 9.45. The Balaban J connectivity index is 0.00000420. The average Bonchev–Trinajstić information content (AvgIpc) is 3.15. The number of hydrogen-bond donors (Lipinski definition) is 3. The number of benzene rings is 1. The molecule has 2 rings (SSSR count). The first-order valence-corrected chi connectivity index (χ1v) is 9.45. The monoisotopic (exact) mass is 514 g/mol. The van der Waals surface area contributed by atoms with Crippen LogP contribution in [0.2, 0.25) is 0 Å². The summed E-state index contributed by atoms with van der Waals surface area (Å²) in [4.78, 5) is 16.6. The molecule has 1 aromatic carbocycles. The number of rotatable bonds is 8. The van der Waals surface area contributed by atoms with Gasteiger partial charge in [-0.15, -0.1) is 24.0 Å². The van der Waals surface area contributed by atoms with Gasteiger partial charge in [0.25, 0.3) is 0 Å². The molecule has 160 valence electrons. The highest BCUT2D eigenvalue weighted by molar-refractivity contribution is 14.0. The van der Waals surface area contributed by atoms with E-state index >= 15 is 0 Å². The van der Waals surface area contributed by atoms with Crippen LogP contribution in [0.15, 0.2) is 52.1 Å². The van der Waals surface area contributed by atoms with Gasteiger partial charge in [-0.3, -0.25) is 4.79 Å². The van der Waals surface area contributed by atoms with Crippen molar-refractivity contribution in [3.63, 3.8) is 0 Å². The zero-order chi connectivity index (χ0) is 20.4. The van der Waals surface area contributed by atoms with Crippen molar-refractivity contribution in [2.24, 2.45) is 4.99 Å². The Morgan fingerprint density at radius 2 is 1.86 bits per heavy atom. The van der Waals surface area contributed by atoms with Crippen LogP contribution in [0.3, 0.4) is 0 Å². The van der Waals surface area contributed by atoms with Crippen LogP contribution in [0, 0.1) is 0 Å². The number of para-hydroxylation sites is 1. The van der Waals surface area contributed by atoms with E-state index in [4.69, 9.17) is 9.15 Å². The van der Waals surface area contributed by atoms with E-state index in [2.05, 4.69) is 20.9 Å². The van der Waals surface area contributed by atoms with Crippen LogP contribution in [0.25, 0.3) is 0 Å². The van der Waals surface area contributed by atoms with E-state index in [1.807, 2.05) is 58.0 Å². The Morgan fingerprint density at radius 1 is 1.10 bits per heavy atom. The normalized spacial score (nSPS) is 11.4. The standard InChI is InChI=1S/C21H30N4O3.HI/c1-5-22-20(25-15-19(26)23-14-17-10-8-12-27-17)24-13-16-9-6-7-11-18(16)28-21(2,3)4;/h6-12H,5,13-15H2,1-4H3,(H,23,26)(H2,22,24,25);1H. The molecule has 0 saturated heterocycles. The largest absolute Gasteiger partial charge is 0.488 e. The fourth-order valence-electron chi connectivity index (χ4n) is 2.40. The molecule has 8 heteroatoms. The van der Waals surface area contributed by atoms with Gasteiger partial charge in [0, 0.05) is 12.1 Å². The summed E-state index contributed by atoms with van der Waals surface area (Å²) in [6.45, 7) is 9.63. The molecular formula is C21H31IN4O3. The minimum absolute atomic E-state index is 0. The third kappa shape index (κ3) is 9.69. The second-order valence-corrected chi connectivity index (χ2v) is 7.23. The van der Waals surface area contributed by atoms with Gasteiger partial charge in [-0.25, -0.2) is 4.99 Å². The summed E-state index contributed by atoms with van der Waals surface area (Å²) in [5, 5.41) is 8.98. The lowest BCUT2D eigenvalue weighted by Crippen LogP contribution is -2.43. The van der Waals surface area contributed by atoms with Crippen molar-refractivity contribution in [3.05, 3.63) is 54.0 Å². The third-order valence-electron chi connectivity index (χ3n) is 3.60. The van der Waals surface area contributed by atoms with Gasteiger partial charge in [0.1, 0.15) is 17.1 Å². The fourth-order valence-corrected chi connectivity index (χ4v) is 2.40. The molecule has 0 radical (unpaired) electrons. The van der Waals surface area contributed by atoms with Gasteiger partial charge in [-0.2, -0.15) is 0 Å². The summed E-state index contributed by atoms with van der Waals surface area (Å²) < 4.78 is 11.2. The van der Waals surface area contributed by atoms with E-state index in [0.29, 0.717) is 31.4 Å². The number of nitrogens with zero attached hydrogens (tertiary/aromatic N) is 1. The van der Waals surface area contributed by atoms with Crippen molar-refractivity contribution in [1.29, 1.82) is 0 Å². The SMILES string of the molecule is CCNC(=NCc1ccccc1OC(C)(C)C)NCC(=O)NCc1ccco1.I. The number of furan rings is 1. The molecule has 7 nitrogen and oxygen atoms in total. The number of carbonyl (C=O) groups excluding carboxylic acids is 1. The van der Waals surface area contributed by atoms with Crippen molar-refractivity contribution in [2.45, 2.75) is 46.4 Å². The molecule has 1 amide bonds. The molecule has 0 aliphatic heterocycles. The zero-order valence-corrected chi connectivity index (χ0v) is 19.8. The molecule has 2 aromatic rings. The van der Waals surface area contributed by atoms with Crippen LogP contribution in [-0.2, 0) is 17.9 Å². The Kier molecular flexibility index (Phi) is 10.6. The molecular weight excluding hydrogens is 483 g/mol. The summed E-state index contributed by atoms with van der Waals surface area (Å²) >= 11 is 0. The highest BCUT2D eigenvalue weighted by Gasteiger charge is 2.14. The second kappa shape index (κ2) is 12.4. The summed E-state index contributed by atoms with van der Waals surface area (Å²) in [5.41, 5.74) is 0.700. The van der Waals surface area contributed by atoms with E-state index < -0.39 is 0 Å². The molecule has 0 fully saturated rings. The maximum Gasteiger partial charge on any atom is 0.239 e. The molecule has 0 spiro atoms. The van der Waals surface area contributed by atoms with Crippen molar-refractivity contribution in [1.82, 2.24) is 16.0 Å². The van der Waals surface area contributed by atoms with Gasteiger partial charge in [-0.05, 0) is 45.9 Å². The molecule has 0 aliphatic carbocycles. The molecule has 29 heavy (non-hydrogen) atoms. The summed E-state index contributed by atoms with van der Waals surface area (Å²) in [7, 11) is 0. The Labute approximate surface area is 189 Å². The molecule has 0 atom stereocenters. The lowest BCUT2D eigenvalue weighted by molar-refractivity contribution is -0.120. The van der Waals surface area contributed by atoms with Crippen molar-refractivity contribution < 1.29 is 13.9 Å². The van der Waals surface area contributed by atoms with E-state index in [-0.39, 0.29) is 42.0 Å². The van der Waals surface area contributed by atoms with Gasteiger partial charge >= 0.3 is 0 Å². The van der Waals surface area contributed by atoms with Crippen LogP contribution in [0.5, 0.6) is 5.75 Å². The van der Waals surface area contributed by atoms with Crippen molar-refractivity contribution in [3.8, 4) is 5.75 Å². The maximum atomic E-state index is 12.0. The van der Waals surface area contributed by atoms with Crippen LogP contribution >= 0.6 is 24.0 Å². The number of ether oxygens (including phenoxy) is 1. The third-order valence-corrected chi connectivity index (χ3v) is 3.60. The summed E-state index contributed by atoms with van der Waals surface area (Å²) in [6, 6.07) is 11.4. The van der Waals surface area contributed by atoms with Gasteiger partial charge < -0.3 is 25.1 Å². The molecule has 1 aromatic heterocycles. The van der Waals surface area contributed by atoms with Gasteiger partial charge in [0.15, 0.2) is 5.96 Å². The Bertz CT molecular complexity index is 770. The van der Waals surface area contributed by atoms with Crippen LogP contribution in [0.4, 0.5) is 0 Å². The van der Waals surface area contributed by atoms with E-state index in [9.17, 15) is 4.79 Å². The quantitative estimate of drug-likeness (QED) is 0.286. The number of guanidine groups is 1. The molecule has 0 bridgehead atoms. The highest BCUT2D eigenvalue weighted by Crippen LogP contribution is 2.23. The molecule has 0 unspecified atom stereocenters. The fraction of sp³-hybridized carbons (Fsp3) is 0.429. The van der Waals surface area contributed by atoms with E-state index in [0.717, 1.165) is 11.3 Å². The molecule has 1 heterocycles. The number of hydrogen-bond acceptors (Lipinski definition) is 4. The Hall–Kier alpha value is -2.23. The highest BCUT2D eigenvalue weighted by atomic mass is 127. The Morgan fingerprint density at radius 3 is 2.52 bits per heavy atom. The van der Waals surface area contributed by atoms with E-state index in [1.54, 1.807) is 12.3 Å². The maximum absolute atomic E-state index is 12.0. The van der Waals surface area contributed by atoms with Gasteiger partial charge in [0.2, 0.25) is 5.91 Å². The first kappa shape index (κ1) is 24.8. The van der Waals surface area contributed by atoms with Gasteiger partial charge in [-0.1, -0.05) is 18.2 Å². The predicted octanol–water partition coefficient (Wildman–Crippen LogP) is 3.45. The number of halogens is 1.